The van der Waals surface area contributed by atoms with Gasteiger partial charge in [0, 0.05) is 58.7 Å². The molecule has 3 aromatic carbocycles. The lowest BCUT2D eigenvalue weighted by molar-refractivity contribution is -0.385. The maximum Gasteiger partial charge on any atom is 0.270 e. The Kier molecular flexibility index (Phi) is 8.42. The lowest BCUT2D eigenvalue weighted by Gasteiger charge is -2.34. The van der Waals surface area contributed by atoms with Crippen LogP contribution < -0.4 is 0 Å². The summed E-state index contributed by atoms with van der Waals surface area (Å²) in [5.74, 6) is -0.247. The van der Waals surface area contributed by atoms with Crippen LogP contribution in [0.25, 0.3) is 0 Å². The third kappa shape index (κ3) is 6.08. The minimum absolute atomic E-state index is 0.0213. The van der Waals surface area contributed by atoms with Crippen LogP contribution in [0, 0.1) is 10.1 Å². The van der Waals surface area contributed by atoms with Crippen molar-refractivity contribution in [2.45, 2.75) is 21.3 Å². The number of aliphatic hydroxyl groups excluding tert-OH is 1. The summed E-state index contributed by atoms with van der Waals surface area (Å²) in [4.78, 5) is 25.7. The molecule has 9 nitrogen and oxygen atoms in total. The van der Waals surface area contributed by atoms with Crippen molar-refractivity contribution in [1.82, 2.24) is 9.21 Å². The lowest BCUT2D eigenvalue weighted by atomic mass is 10.1. The minimum Gasteiger partial charge on any atom is -0.392 e. The number of rotatable bonds is 7. The Labute approximate surface area is 227 Å². The molecule has 0 bridgehead atoms. The molecule has 0 aromatic heterocycles. The number of nitro benzene ring substituents is 1. The molecule has 0 unspecified atom stereocenters. The number of hydrogen-bond acceptors (Lipinski definition) is 7. The Morgan fingerprint density at radius 1 is 0.973 bits per heavy atom. The second-order valence-electron chi connectivity index (χ2n) is 8.12. The molecular formula is C24H21Cl2N3O6S2. The van der Waals surface area contributed by atoms with Gasteiger partial charge >= 0.3 is 0 Å². The first-order valence-electron chi connectivity index (χ1n) is 11.0. The van der Waals surface area contributed by atoms with E-state index in [0.29, 0.717) is 26.1 Å². The number of piperazine rings is 1. The van der Waals surface area contributed by atoms with Crippen molar-refractivity contribution < 1.29 is 23.2 Å². The summed E-state index contributed by atoms with van der Waals surface area (Å²) in [5, 5.41) is 21.4. The van der Waals surface area contributed by atoms with Gasteiger partial charge in [-0.15, -0.1) is 0 Å². The summed E-state index contributed by atoms with van der Waals surface area (Å²) in [5.41, 5.74) is 0.752. The monoisotopic (exact) mass is 581 g/mol. The average molecular weight is 582 g/mol. The topological polar surface area (TPSA) is 121 Å². The molecule has 0 aliphatic carbocycles. The summed E-state index contributed by atoms with van der Waals surface area (Å²) in [6.07, 6.45) is 0. The van der Waals surface area contributed by atoms with Gasteiger partial charge in [-0.3, -0.25) is 14.9 Å². The van der Waals surface area contributed by atoms with Crippen LogP contribution in [0.3, 0.4) is 0 Å². The van der Waals surface area contributed by atoms with E-state index < -0.39 is 14.9 Å². The first-order chi connectivity index (χ1) is 17.6. The van der Waals surface area contributed by atoms with Gasteiger partial charge in [0.15, 0.2) is 0 Å². The van der Waals surface area contributed by atoms with Crippen LogP contribution in [0.1, 0.15) is 15.9 Å². The molecule has 3 aromatic rings. The Hall–Kier alpha value is -2.67. The van der Waals surface area contributed by atoms with Crippen molar-refractivity contribution in [2.24, 2.45) is 0 Å². The number of hydrogen-bond donors (Lipinski definition) is 1. The van der Waals surface area contributed by atoms with Crippen LogP contribution in [0.5, 0.6) is 0 Å². The molecule has 1 saturated heterocycles. The highest BCUT2D eigenvalue weighted by Crippen LogP contribution is 2.40. The third-order valence-electron chi connectivity index (χ3n) is 5.78. The molecule has 37 heavy (non-hydrogen) atoms. The largest absolute Gasteiger partial charge is 0.392 e. The molecule has 1 heterocycles. The molecule has 0 spiro atoms. The van der Waals surface area contributed by atoms with Crippen LogP contribution in [0.2, 0.25) is 10.0 Å². The molecule has 1 N–H and O–H groups in total. The van der Waals surface area contributed by atoms with Crippen LogP contribution in [0.4, 0.5) is 5.69 Å². The van der Waals surface area contributed by atoms with E-state index in [1.807, 2.05) is 0 Å². The second kappa shape index (κ2) is 11.4. The van der Waals surface area contributed by atoms with Crippen molar-refractivity contribution in [3.63, 3.8) is 0 Å². The fourth-order valence-corrected chi connectivity index (χ4v) is 7.09. The maximum atomic E-state index is 13.6. The minimum atomic E-state index is -4.15. The van der Waals surface area contributed by atoms with Gasteiger partial charge in [0.05, 0.1) is 16.6 Å². The Bertz CT molecular complexity index is 1440. The fourth-order valence-electron chi connectivity index (χ4n) is 3.78. The predicted molar refractivity (Wildman–Crippen MR) is 141 cm³/mol. The first-order valence-corrected chi connectivity index (χ1v) is 14.0. The summed E-state index contributed by atoms with van der Waals surface area (Å²) in [7, 11) is -4.15. The Balaban J connectivity index is 1.58. The number of aliphatic hydroxyl groups is 1. The normalized spacial score (nSPS) is 14.5. The molecule has 1 aliphatic rings. The standard InChI is InChI=1S/C24H21Cl2N3O6S2/c25-18-5-7-20(26)22(13-18)36-21-8-6-19(29(32)33)14-23(21)37(34,35)28-11-9-27(10-12-28)24(31)17-3-1-16(15-30)2-4-17/h1-8,13-14,30H,9-12,15H2. The van der Waals surface area contributed by atoms with Crippen molar-refractivity contribution >= 4 is 56.6 Å². The second-order valence-corrected chi connectivity index (χ2v) is 12.0. The van der Waals surface area contributed by atoms with Crippen molar-refractivity contribution in [3.05, 3.63) is 92.0 Å². The molecular weight excluding hydrogens is 561 g/mol. The molecule has 1 aliphatic heterocycles. The number of nitrogens with zero attached hydrogens (tertiary/aromatic N) is 3. The average Bonchev–Trinajstić information content (AvgIpc) is 2.90. The summed E-state index contributed by atoms with van der Waals surface area (Å²) >= 11 is 13.4. The van der Waals surface area contributed by atoms with E-state index in [1.54, 1.807) is 47.4 Å². The number of carbonyl (C=O) groups excluding carboxylic acids is 1. The van der Waals surface area contributed by atoms with E-state index in [2.05, 4.69) is 0 Å². The van der Waals surface area contributed by atoms with Crippen LogP contribution in [-0.2, 0) is 16.6 Å². The predicted octanol–water partition coefficient (Wildman–Crippen LogP) is 4.69. The molecule has 194 valence electrons. The van der Waals surface area contributed by atoms with Gasteiger partial charge in [-0.05, 0) is 42.0 Å². The third-order valence-corrected chi connectivity index (χ3v) is 9.66. The zero-order valence-corrected chi connectivity index (χ0v) is 22.4. The molecule has 0 saturated carbocycles. The quantitative estimate of drug-likeness (QED) is 0.317. The molecule has 1 fully saturated rings. The fraction of sp³-hybridized carbons (Fsp3) is 0.208. The lowest BCUT2D eigenvalue weighted by Crippen LogP contribution is -2.50. The molecule has 4 rings (SSSR count). The molecule has 1 amide bonds. The number of carbonyl (C=O) groups is 1. The van der Waals surface area contributed by atoms with E-state index in [0.717, 1.165) is 17.8 Å². The SMILES string of the molecule is O=C(c1ccc(CO)cc1)N1CCN(S(=O)(=O)c2cc([N+](=O)[O-])ccc2Sc2cc(Cl)ccc2Cl)CC1. The zero-order chi connectivity index (χ0) is 26.7. The summed E-state index contributed by atoms with van der Waals surface area (Å²) in [6.45, 7) is 0.210. The van der Waals surface area contributed by atoms with Crippen LogP contribution >= 0.6 is 35.0 Å². The first kappa shape index (κ1) is 27.4. The van der Waals surface area contributed by atoms with Gasteiger partial charge in [-0.25, -0.2) is 8.42 Å². The van der Waals surface area contributed by atoms with E-state index >= 15 is 0 Å². The Morgan fingerprint density at radius 2 is 1.65 bits per heavy atom. The van der Waals surface area contributed by atoms with Crippen LogP contribution in [-0.4, -0.2) is 59.7 Å². The van der Waals surface area contributed by atoms with E-state index in [4.69, 9.17) is 23.2 Å². The van der Waals surface area contributed by atoms with E-state index in [-0.39, 0.29) is 54.2 Å². The van der Waals surface area contributed by atoms with Gasteiger partial charge < -0.3 is 10.0 Å². The molecule has 0 atom stereocenters. The Morgan fingerprint density at radius 3 is 2.27 bits per heavy atom. The number of halogens is 2. The number of sulfonamides is 1. The number of nitro groups is 1. The van der Waals surface area contributed by atoms with Crippen LogP contribution in [0.15, 0.2) is 75.4 Å². The van der Waals surface area contributed by atoms with Crippen molar-refractivity contribution in [2.75, 3.05) is 26.2 Å². The molecule has 13 heteroatoms. The van der Waals surface area contributed by atoms with E-state index in [1.165, 1.54) is 16.4 Å². The highest BCUT2D eigenvalue weighted by Gasteiger charge is 2.33. The summed E-state index contributed by atoms with van der Waals surface area (Å²) < 4.78 is 28.5. The van der Waals surface area contributed by atoms with Crippen molar-refractivity contribution in [1.29, 1.82) is 0 Å². The number of amides is 1. The summed E-state index contributed by atoms with van der Waals surface area (Å²) in [6, 6.07) is 15.0. The van der Waals surface area contributed by atoms with Gasteiger partial charge in [0.1, 0.15) is 4.90 Å². The molecule has 0 radical (unpaired) electrons. The zero-order valence-electron chi connectivity index (χ0n) is 19.2. The van der Waals surface area contributed by atoms with E-state index in [9.17, 15) is 28.4 Å². The van der Waals surface area contributed by atoms with Gasteiger partial charge in [0.2, 0.25) is 10.0 Å². The van der Waals surface area contributed by atoms with Gasteiger partial charge in [-0.2, -0.15) is 4.31 Å². The smallest absolute Gasteiger partial charge is 0.270 e. The van der Waals surface area contributed by atoms with Crippen molar-refractivity contribution in [3.8, 4) is 0 Å². The number of non-ortho nitro benzene ring substituents is 1. The van der Waals surface area contributed by atoms with Gasteiger partial charge in [0.25, 0.3) is 11.6 Å². The number of benzene rings is 3. The highest BCUT2D eigenvalue weighted by molar-refractivity contribution is 8.00. The maximum absolute atomic E-state index is 13.6. The highest BCUT2D eigenvalue weighted by atomic mass is 35.5. The van der Waals surface area contributed by atoms with Gasteiger partial charge in [-0.1, -0.05) is 47.1 Å².